The first kappa shape index (κ1) is 19.8. The Balaban J connectivity index is 1.48. The summed E-state index contributed by atoms with van der Waals surface area (Å²) in [7, 11) is 1.66. The molecule has 1 amide bonds. The van der Waals surface area contributed by atoms with Crippen LogP contribution in [0.2, 0.25) is 0 Å². The fraction of sp³-hybridized carbons (Fsp3) is 0.409. The highest BCUT2D eigenvalue weighted by molar-refractivity contribution is 8.00. The molecule has 144 valence electrons. The Bertz CT molecular complexity index is 755. The highest BCUT2D eigenvalue weighted by Gasteiger charge is 2.25. The minimum atomic E-state index is -0.0817. The number of nitrogens with zero attached hydrogens (tertiary/aromatic N) is 2. The molecule has 0 radical (unpaired) electrons. The van der Waals surface area contributed by atoms with Gasteiger partial charge in [0, 0.05) is 37.6 Å². The van der Waals surface area contributed by atoms with Crippen molar-refractivity contribution >= 4 is 17.7 Å². The molecule has 0 saturated carbocycles. The van der Waals surface area contributed by atoms with Crippen LogP contribution in [0.1, 0.15) is 18.1 Å². The zero-order valence-electron chi connectivity index (χ0n) is 16.4. The van der Waals surface area contributed by atoms with E-state index >= 15 is 0 Å². The molecular formula is C22H28N2O2S. The lowest BCUT2D eigenvalue weighted by Crippen LogP contribution is -2.50. The number of amides is 1. The van der Waals surface area contributed by atoms with Crippen molar-refractivity contribution in [3.8, 4) is 5.75 Å². The summed E-state index contributed by atoms with van der Waals surface area (Å²) in [6.45, 7) is 8.55. The number of thioether (sulfide) groups is 1. The topological polar surface area (TPSA) is 32.8 Å². The van der Waals surface area contributed by atoms with Crippen LogP contribution in [0.5, 0.6) is 5.75 Å². The van der Waals surface area contributed by atoms with Crippen molar-refractivity contribution in [1.29, 1.82) is 0 Å². The minimum absolute atomic E-state index is 0.0817. The van der Waals surface area contributed by atoms with Crippen LogP contribution < -0.4 is 4.74 Å². The fourth-order valence-electron chi connectivity index (χ4n) is 3.36. The van der Waals surface area contributed by atoms with Gasteiger partial charge in [0.15, 0.2) is 0 Å². The molecule has 1 fully saturated rings. The average molecular weight is 385 g/mol. The maximum absolute atomic E-state index is 12.8. The van der Waals surface area contributed by atoms with Crippen LogP contribution in [0, 0.1) is 6.92 Å². The number of carbonyl (C=O) groups is 1. The zero-order chi connectivity index (χ0) is 19.2. The van der Waals surface area contributed by atoms with Gasteiger partial charge < -0.3 is 9.64 Å². The number of ether oxygens (including phenoxy) is 1. The van der Waals surface area contributed by atoms with Crippen LogP contribution >= 0.6 is 11.8 Å². The number of hydrogen-bond donors (Lipinski definition) is 0. The molecule has 3 rings (SSSR count). The molecule has 1 saturated heterocycles. The van der Waals surface area contributed by atoms with Crippen LogP contribution in [-0.4, -0.2) is 54.2 Å². The van der Waals surface area contributed by atoms with Gasteiger partial charge in [0.2, 0.25) is 5.91 Å². The Hall–Kier alpha value is -1.98. The maximum atomic E-state index is 12.8. The van der Waals surface area contributed by atoms with Crippen molar-refractivity contribution in [2.24, 2.45) is 0 Å². The maximum Gasteiger partial charge on any atom is 0.235 e. The van der Waals surface area contributed by atoms with Crippen molar-refractivity contribution < 1.29 is 9.53 Å². The molecule has 0 N–H and O–H groups in total. The van der Waals surface area contributed by atoms with E-state index < -0.39 is 0 Å². The molecule has 4 nitrogen and oxygen atoms in total. The zero-order valence-corrected chi connectivity index (χ0v) is 17.2. The molecule has 0 spiro atoms. The summed E-state index contributed by atoms with van der Waals surface area (Å²) in [4.78, 5) is 18.3. The normalized spacial score (nSPS) is 16.2. The predicted octanol–water partition coefficient (Wildman–Crippen LogP) is 3.83. The molecule has 1 heterocycles. The number of carbonyl (C=O) groups excluding carboxylic acids is 1. The second-order valence-corrected chi connectivity index (χ2v) is 8.44. The van der Waals surface area contributed by atoms with Gasteiger partial charge in [-0.1, -0.05) is 29.8 Å². The Morgan fingerprint density at radius 3 is 2.44 bits per heavy atom. The molecule has 1 aliphatic heterocycles. The molecule has 0 bridgehead atoms. The third-order valence-corrected chi connectivity index (χ3v) is 5.99. The van der Waals surface area contributed by atoms with Crippen LogP contribution in [-0.2, 0) is 11.3 Å². The van der Waals surface area contributed by atoms with Crippen LogP contribution in [0.4, 0.5) is 0 Å². The second-order valence-electron chi connectivity index (χ2n) is 7.03. The Morgan fingerprint density at radius 2 is 1.81 bits per heavy atom. The summed E-state index contributed by atoms with van der Waals surface area (Å²) >= 11 is 1.61. The van der Waals surface area contributed by atoms with E-state index in [4.69, 9.17) is 4.74 Å². The van der Waals surface area contributed by atoms with Gasteiger partial charge in [-0.15, -0.1) is 11.8 Å². The average Bonchev–Trinajstić information content (AvgIpc) is 2.68. The number of methoxy groups -OCH3 is 1. The van der Waals surface area contributed by atoms with Crippen molar-refractivity contribution in [1.82, 2.24) is 9.80 Å². The van der Waals surface area contributed by atoms with Crippen LogP contribution in [0.3, 0.4) is 0 Å². The molecule has 0 aliphatic carbocycles. The second kappa shape index (κ2) is 9.29. The summed E-state index contributed by atoms with van der Waals surface area (Å²) < 4.78 is 5.19. The first-order valence-corrected chi connectivity index (χ1v) is 10.3. The van der Waals surface area contributed by atoms with E-state index in [1.807, 2.05) is 36.1 Å². The van der Waals surface area contributed by atoms with Crippen molar-refractivity contribution in [3.05, 3.63) is 59.7 Å². The lowest BCUT2D eigenvalue weighted by molar-refractivity contribution is -0.132. The van der Waals surface area contributed by atoms with Crippen molar-refractivity contribution in [2.45, 2.75) is 30.5 Å². The van der Waals surface area contributed by atoms with Gasteiger partial charge in [0.05, 0.1) is 12.4 Å². The highest BCUT2D eigenvalue weighted by atomic mass is 32.2. The van der Waals surface area contributed by atoms with Crippen LogP contribution in [0.25, 0.3) is 0 Å². The number of hydrogen-bond acceptors (Lipinski definition) is 4. The molecule has 1 unspecified atom stereocenters. The number of rotatable bonds is 6. The molecular weight excluding hydrogens is 356 g/mol. The van der Waals surface area contributed by atoms with E-state index in [1.165, 1.54) is 11.1 Å². The first-order chi connectivity index (χ1) is 13.0. The quantitative estimate of drug-likeness (QED) is 0.709. The summed E-state index contributed by atoms with van der Waals surface area (Å²) in [5.41, 5.74) is 2.64. The van der Waals surface area contributed by atoms with Gasteiger partial charge in [-0.2, -0.15) is 0 Å². The third kappa shape index (κ3) is 5.50. The SMILES string of the molecule is COc1ccc(SC(C)C(=O)N2CCN(Cc3cccc(C)c3)CC2)cc1. The van der Waals surface area contributed by atoms with Gasteiger partial charge in [0.1, 0.15) is 5.75 Å². The fourth-order valence-corrected chi connectivity index (χ4v) is 4.31. The van der Waals surface area contributed by atoms with Crippen LogP contribution in [0.15, 0.2) is 53.4 Å². The summed E-state index contributed by atoms with van der Waals surface area (Å²) in [6, 6.07) is 16.5. The molecule has 1 atom stereocenters. The Labute approximate surface area is 166 Å². The lowest BCUT2D eigenvalue weighted by atomic mass is 10.1. The van der Waals surface area contributed by atoms with E-state index in [9.17, 15) is 4.79 Å². The minimum Gasteiger partial charge on any atom is -0.497 e. The van der Waals surface area contributed by atoms with Gasteiger partial charge in [-0.3, -0.25) is 9.69 Å². The van der Waals surface area contributed by atoms with E-state index in [0.717, 1.165) is 43.4 Å². The highest BCUT2D eigenvalue weighted by Crippen LogP contribution is 2.26. The van der Waals surface area contributed by atoms with E-state index in [-0.39, 0.29) is 11.2 Å². The van der Waals surface area contributed by atoms with E-state index in [1.54, 1.807) is 18.9 Å². The van der Waals surface area contributed by atoms with E-state index in [2.05, 4.69) is 36.1 Å². The summed E-state index contributed by atoms with van der Waals surface area (Å²) in [5.74, 6) is 1.06. The van der Waals surface area contributed by atoms with Gasteiger partial charge in [0.25, 0.3) is 0 Å². The molecule has 27 heavy (non-hydrogen) atoms. The molecule has 1 aliphatic rings. The van der Waals surface area contributed by atoms with Gasteiger partial charge >= 0.3 is 0 Å². The smallest absolute Gasteiger partial charge is 0.235 e. The standard InChI is InChI=1S/C22H28N2O2S/c1-17-5-4-6-19(15-17)16-23-11-13-24(14-12-23)22(25)18(2)27-21-9-7-20(26-3)8-10-21/h4-10,15,18H,11-14,16H2,1-3H3. The monoisotopic (exact) mass is 384 g/mol. The Kier molecular flexibility index (Phi) is 6.80. The molecule has 0 aromatic heterocycles. The number of benzene rings is 2. The third-order valence-electron chi connectivity index (χ3n) is 4.89. The number of piperazine rings is 1. The Morgan fingerprint density at radius 1 is 1.11 bits per heavy atom. The largest absolute Gasteiger partial charge is 0.497 e. The molecule has 2 aromatic carbocycles. The van der Waals surface area contributed by atoms with Gasteiger partial charge in [-0.05, 0) is 43.7 Å². The number of aryl methyl sites for hydroxylation is 1. The first-order valence-electron chi connectivity index (χ1n) is 9.42. The molecule has 2 aromatic rings. The van der Waals surface area contributed by atoms with Crippen molar-refractivity contribution in [3.63, 3.8) is 0 Å². The summed E-state index contributed by atoms with van der Waals surface area (Å²) in [6.07, 6.45) is 0. The summed E-state index contributed by atoms with van der Waals surface area (Å²) in [5, 5.41) is -0.0817. The van der Waals surface area contributed by atoms with Crippen molar-refractivity contribution in [2.75, 3.05) is 33.3 Å². The van der Waals surface area contributed by atoms with Gasteiger partial charge in [-0.25, -0.2) is 0 Å². The molecule has 5 heteroatoms. The predicted molar refractivity (Wildman–Crippen MR) is 111 cm³/mol. The lowest BCUT2D eigenvalue weighted by Gasteiger charge is -2.36. The van der Waals surface area contributed by atoms with E-state index in [0.29, 0.717) is 0 Å².